The first-order valence-electron chi connectivity index (χ1n) is 8.25. The quantitative estimate of drug-likeness (QED) is 0.884. The molecular formula is C17H24N4OS. The van der Waals surface area contributed by atoms with Gasteiger partial charge in [0.05, 0.1) is 15.2 Å². The van der Waals surface area contributed by atoms with Crippen molar-refractivity contribution in [3.8, 4) is 0 Å². The topological polar surface area (TPSA) is 57.3 Å². The van der Waals surface area contributed by atoms with Crippen LogP contribution in [0.4, 0.5) is 4.79 Å². The molecule has 1 aliphatic heterocycles. The largest absolute Gasteiger partial charge is 0.338 e. The predicted octanol–water partition coefficient (Wildman–Crippen LogP) is 2.48. The van der Waals surface area contributed by atoms with E-state index in [0.717, 1.165) is 30.0 Å². The first-order valence-corrected chi connectivity index (χ1v) is 9.07. The standard InChI is InChI=1S/C17H24N4OS/c1-21-10-4-5-13(12-21)11-19-17(22)18-9-8-16-20-14-6-2-3-7-15(14)23-16/h2-3,6-7,13H,4-5,8-12H2,1H3,(H2,18,19,22). The summed E-state index contributed by atoms with van der Waals surface area (Å²) in [6.45, 7) is 3.63. The van der Waals surface area contributed by atoms with Crippen molar-refractivity contribution >= 4 is 27.6 Å². The second kappa shape index (κ2) is 7.75. The fourth-order valence-corrected chi connectivity index (χ4v) is 4.02. The minimum Gasteiger partial charge on any atom is -0.338 e. The van der Waals surface area contributed by atoms with E-state index in [1.54, 1.807) is 11.3 Å². The molecule has 1 aromatic heterocycles. The molecule has 1 fully saturated rings. The van der Waals surface area contributed by atoms with Crippen molar-refractivity contribution in [2.75, 3.05) is 33.2 Å². The molecule has 0 bridgehead atoms. The van der Waals surface area contributed by atoms with E-state index < -0.39 is 0 Å². The Morgan fingerprint density at radius 2 is 2.26 bits per heavy atom. The SMILES string of the molecule is CN1CCCC(CNC(=O)NCCc2nc3ccccc3s2)C1. The Labute approximate surface area is 141 Å². The van der Waals surface area contributed by atoms with Crippen LogP contribution in [0.1, 0.15) is 17.8 Å². The number of urea groups is 1. The Hall–Kier alpha value is -1.66. The van der Waals surface area contributed by atoms with E-state index in [4.69, 9.17) is 0 Å². The van der Waals surface area contributed by atoms with Gasteiger partial charge in [-0.25, -0.2) is 9.78 Å². The number of aromatic nitrogens is 1. The van der Waals surface area contributed by atoms with Crippen LogP contribution < -0.4 is 10.6 Å². The number of nitrogens with one attached hydrogen (secondary N) is 2. The van der Waals surface area contributed by atoms with Crippen LogP contribution in [0.15, 0.2) is 24.3 Å². The van der Waals surface area contributed by atoms with E-state index >= 15 is 0 Å². The molecule has 6 heteroatoms. The summed E-state index contributed by atoms with van der Waals surface area (Å²) in [5.74, 6) is 0.573. The number of hydrogen-bond acceptors (Lipinski definition) is 4. The Morgan fingerprint density at radius 3 is 3.09 bits per heavy atom. The fourth-order valence-electron chi connectivity index (χ4n) is 3.05. The molecule has 0 spiro atoms. The van der Waals surface area contributed by atoms with Gasteiger partial charge in [-0.3, -0.25) is 0 Å². The number of nitrogens with zero attached hydrogens (tertiary/aromatic N) is 2. The van der Waals surface area contributed by atoms with Gasteiger partial charge in [-0.2, -0.15) is 0 Å². The maximum Gasteiger partial charge on any atom is 0.314 e. The van der Waals surface area contributed by atoms with Crippen molar-refractivity contribution < 1.29 is 4.79 Å². The molecule has 2 aromatic rings. The first-order chi connectivity index (χ1) is 11.2. The molecule has 1 unspecified atom stereocenters. The maximum absolute atomic E-state index is 11.9. The fraction of sp³-hybridized carbons (Fsp3) is 0.529. The van der Waals surface area contributed by atoms with Gasteiger partial charge in [-0.05, 0) is 44.5 Å². The van der Waals surface area contributed by atoms with Crippen molar-refractivity contribution in [2.45, 2.75) is 19.3 Å². The van der Waals surface area contributed by atoms with Gasteiger partial charge in [0, 0.05) is 26.1 Å². The molecule has 1 aliphatic rings. The second-order valence-electron chi connectivity index (χ2n) is 6.23. The van der Waals surface area contributed by atoms with Crippen molar-refractivity contribution in [1.82, 2.24) is 20.5 Å². The second-order valence-corrected chi connectivity index (χ2v) is 7.35. The molecule has 2 heterocycles. The first kappa shape index (κ1) is 16.2. The lowest BCUT2D eigenvalue weighted by molar-refractivity contribution is 0.202. The molecule has 1 atom stereocenters. The summed E-state index contributed by atoms with van der Waals surface area (Å²) < 4.78 is 1.20. The maximum atomic E-state index is 11.9. The highest BCUT2D eigenvalue weighted by Gasteiger charge is 2.17. The summed E-state index contributed by atoms with van der Waals surface area (Å²) in [5, 5.41) is 6.99. The average Bonchev–Trinajstić information content (AvgIpc) is 2.96. The minimum atomic E-state index is -0.0701. The van der Waals surface area contributed by atoms with Gasteiger partial charge in [0.15, 0.2) is 0 Å². The predicted molar refractivity (Wildman–Crippen MR) is 94.9 cm³/mol. The zero-order valence-corrected chi connectivity index (χ0v) is 14.4. The van der Waals surface area contributed by atoms with Crippen molar-refractivity contribution in [3.63, 3.8) is 0 Å². The summed E-state index contributed by atoms with van der Waals surface area (Å²) in [4.78, 5) is 18.8. The molecule has 23 heavy (non-hydrogen) atoms. The van der Waals surface area contributed by atoms with E-state index in [0.29, 0.717) is 12.5 Å². The summed E-state index contributed by atoms with van der Waals surface area (Å²) in [5.41, 5.74) is 1.04. The van der Waals surface area contributed by atoms with E-state index in [2.05, 4.69) is 33.6 Å². The molecule has 1 aromatic carbocycles. The van der Waals surface area contributed by atoms with Crippen molar-refractivity contribution in [1.29, 1.82) is 0 Å². The molecule has 0 aliphatic carbocycles. The summed E-state index contributed by atoms with van der Waals surface area (Å²) >= 11 is 1.70. The number of benzene rings is 1. The number of hydrogen-bond donors (Lipinski definition) is 2. The third-order valence-corrected chi connectivity index (χ3v) is 5.33. The van der Waals surface area contributed by atoms with Crippen LogP contribution in [0.3, 0.4) is 0 Å². The summed E-state index contributed by atoms with van der Waals surface area (Å²) in [6, 6.07) is 8.06. The van der Waals surface area contributed by atoms with Crippen LogP contribution in [-0.4, -0.2) is 49.1 Å². The monoisotopic (exact) mass is 332 g/mol. The molecular weight excluding hydrogens is 308 g/mol. The van der Waals surface area contributed by atoms with Gasteiger partial charge < -0.3 is 15.5 Å². The van der Waals surface area contributed by atoms with Gasteiger partial charge in [-0.1, -0.05) is 12.1 Å². The number of fused-ring (bicyclic) bond motifs is 1. The highest BCUT2D eigenvalue weighted by Crippen LogP contribution is 2.21. The molecule has 124 valence electrons. The Bertz CT molecular complexity index is 624. The number of likely N-dealkylation sites (tertiary alicyclic amines) is 1. The zero-order chi connectivity index (χ0) is 16.1. The lowest BCUT2D eigenvalue weighted by atomic mass is 9.99. The zero-order valence-electron chi connectivity index (χ0n) is 13.5. The Kier molecular flexibility index (Phi) is 5.46. The van der Waals surface area contributed by atoms with Crippen LogP contribution in [0.5, 0.6) is 0 Å². The lowest BCUT2D eigenvalue weighted by Crippen LogP contribution is -2.43. The van der Waals surface area contributed by atoms with Gasteiger partial charge >= 0.3 is 6.03 Å². The normalized spacial score (nSPS) is 18.9. The smallest absolute Gasteiger partial charge is 0.314 e. The average molecular weight is 332 g/mol. The Morgan fingerprint density at radius 1 is 1.39 bits per heavy atom. The number of carbonyl (C=O) groups is 1. The summed E-state index contributed by atoms with van der Waals surface area (Å²) in [6.07, 6.45) is 3.21. The Balaban J connectivity index is 1.37. The molecule has 3 rings (SSSR count). The molecule has 5 nitrogen and oxygen atoms in total. The molecule has 2 N–H and O–H groups in total. The van der Waals surface area contributed by atoms with Crippen LogP contribution in [0, 0.1) is 5.92 Å². The van der Waals surface area contributed by atoms with Crippen LogP contribution >= 0.6 is 11.3 Å². The third-order valence-electron chi connectivity index (χ3n) is 4.24. The minimum absolute atomic E-state index is 0.0701. The van der Waals surface area contributed by atoms with Gasteiger partial charge in [0.2, 0.25) is 0 Å². The van der Waals surface area contributed by atoms with Crippen molar-refractivity contribution in [3.05, 3.63) is 29.3 Å². The molecule has 2 amide bonds. The van der Waals surface area contributed by atoms with Gasteiger partial charge in [-0.15, -0.1) is 11.3 Å². The van der Waals surface area contributed by atoms with Crippen LogP contribution in [0.2, 0.25) is 0 Å². The third kappa shape index (κ3) is 4.65. The lowest BCUT2D eigenvalue weighted by Gasteiger charge is -2.29. The number of rotatable bonds is 5. The van der Waals surface area contributed by atoms with Crippen LogP contribution in [-0.2, 0) is 6.42 Å². The molecule has 1 saturated heterocycles. The highest BCUT2D eigenvalue weighted by atomic mass is 32.1. The van der Waals surface area contributed by atoms with E-state index in [-0.39, 0.29) is 6.03 Å². The summed E-state index contributed by atoms with van der Waals surface area (Å²) in [7, 11) is 2.14. The van der Waals surface area contributed by atoms with E-state index in [9.17, 15) is 4.79 Å². The van der Waals surface area contributed by atoms with Crippen LogP contribution in [0.25, 0.3) is 10.2 Å². The molecule has 0 radical (unpaired) electrons. The number of carbonyl (C=O) groups excluding carboxylic acids is 1. The molecule has 0 saturated carbocycles. The number of para-hydroxylation sites is 1. The number of thiazole rings is 1. The van der Waals surface area contributed by atoms with Gasteiger partial charge in [0.1, 0.15) is 0 Å². The van der Waals surface area contributed by atoms with E-state index in [1.807, 2.05) is 18.2 Å². The van der Waals surface area contributed by atoms with E-state index in [1.165, 1.54) is 24.1 Å². The number of piperidine rings is 1. The highest BCUT2D eigenvalue weighted by molar-refractivity contribution is 7.18. The van der Waals surface area contributed by atoms with Gasteiger partial charge in [0.25, 0.3) is 0 Å². The number of amides is 2. The van der Waals surface area contributed by atoms with Crippen molar-refractivity contribution in [2.24, 2.45) is 5.92 Å².